The summed E-state index contributed by atoms with van der Waals surface area (Å²) in [5.74, 6) is 0.128. The minimum Gasteiger partial charge on any atom is -0.352 e. The largest absolute Gasteiger partial charge is 0.352 e. The number of carbonyl (C=O) groups is 1. The van der Waals surface area contributed by atoms with E-state index in [1.54, 1.807) is 11.3 Å². The van der Waals surface area contributed by atoms with Crippen LogP contribution in [-0.2, 0) is 11.2 Å². The molecule has 2 rings (SSSR count). The van der Waals surface area contributed by atoms with Crippen LogP contribution in [-0.4, -0.2) is 29.5 Å². The molecule has 20 heavy (non-hydrogen) atoms. The number of amides is 1. The number of hydrogen-bond acceptors (Lipinski definition) is 4. The predicted octanol–water partition coefficient (Wildman–Crippen LogP) is 2.34. The summed E-state index contributed by atoms with van der Waals surface area (Å²) in [6.07, 6.45) is 5.65. The third kappa shape index (κ3) is 4.28. The third-order valence-corrected chi connectivity index (χ3v) is 5.09. The number of aromatic nitrogens is 1. The van der Waals surface area contributed by atoms with E-state index in [1.807, 2.05) is 13.8 Å². The molecule has 4 nitrogen and oxygen atoms in total. The van der Waals surface area contributed by atoms with Crippen LogP contribution < -0.4 is 10.6 Å². The molecule has 1 amide bonds. The Morgan fingerprint density at radius 1 is 1.40 bits per heavy atom. The minimum absolute atomic E-state index is 0.127. The number of nitrogens with zero attached hydrogens (tertiary/aromatic N) is 1. The number of rotatable bonds is 6. The Kier molecular flexibility index (Phi) is 5.54. The number of thiazole rings is 1. The van der Waals surface area contributed by atoms with Crippen molar-refractivity contribution in [2.75, 3.05) is 6.54 Å². The van der Waals surface area contributed by atoms with Crippen molar-refractivity contribution >= 4 is 17.2 Å². The van der Waals surface area contributed by atoms with E-state index in [1.165, 1.54) is 17.7 Å². The molecule has 0 aliphatic heterocycles. The molecule has 0 aromatic carbocycles. The van der Waals surface area contributed by atoms with Crippen molar-refractivity contribution in [1.29, 1.82) is 0 Å². The van der Waals surface area contributed by atoms with E-state index in [0.717, 1.165) is 36.5 Å². The Bertz CT molecular complexity index is 432. The highest BCUT2D eigenvalue weighted by atomic mass is 32.1. The second kappa shape index (κ2) is 7.18. The third-order valence-electron chi connectivity index (χ3n) is 3.96. The van der Waals surface area contributed by atoms with E-state index in [9.17, 15) is 4.79 Å². The Hall–Kier alpha value is -0.940. The fourth-order valence-electron chi connectivity index (χ4n) is 2.53. The molecule has 1 aliphatic rings. The summed E-state index contributed by atoms with van der Waals surface area (Å²) in [5, 5.41) is 7.56. The van der Waals surface area contributed by atoms with Gasteiger partial charge in [0.1, 0.15) is 0 Å². The van der Waals surface area contributed by atoms with Crippen LogP contribution in [0.4, 0.5) is 0 Å². The highest BCUT2D eigenvalue weighted by molar-refractivity contribution is 7.11. The number of nitrogens with one attached hydrogen (secondary N) is 2. The van der Waals surface area contributed by atoms with Gasteiger partial charge in [-0.2, -0.15) is 0 Å². The molecule has 0 saturated heterocycles. The molecule has 1 unspecified atom stereocenters. The van der Waals surface area contributed by atoms with Crippen molar-refractivity contribution in [3.05, 3.63) is 15.6 Å². The summed E-state index contributed by atoms with van der Waals surface area (Å²) in [6.45, 7) is 6.87. The van der Waals surface area contributed by atoms with Crippen LogP contribution in [0.5, 0.6) is 0 Å². The van der Waals surface area contributed by atoms with E-state index < -0.39 is 0 Å². The van der Waals surface area contributed by atoms with Crippen LogP contribution in [0.15, 0.2) is 0 Å². The first-order valence-corrected chi connectivity index (χ1v) is 8.34. The Morgan fingerprint density at radius 2 is 2.10 bits per heavy atom. The molecule has 1 atom stereocenters. The van der Waals surface area contributed by atoms with Gasteiger partial charge in [0.2, 0.25) is 5.91 Å². The summed E-state index contributed by atoms with van der Waals surface area (Å²) in [6, 6.07) is 0.272. The zero-order chi connectivity index (χ0) is 14.5. The number of carbonyl (C=O) groups excluding carboxylic acids is 1. The Balaban J connectivity index is 1.68. The van der Waals surface area contributed by atoms with E-state index in [-0.39, 0.29) is 11.9 Å². The molecule has 2 N–H and O–H groups in total. The second-order valence-electron chi connectivity index (χ2n) is 5.66. The number of aryl methyl sites for hydroxylation is 2. The van der Waals surface area contributed by atoms with Crippen LogP contribution >= 0.6 is 11.3 Å². The predicted molar refractivity (Wildman–Crippen MR) is 83.2 cm³/mol. The van der Waals surface area contributed by atoms with E-state index >= 15 is 0 Å². The van der Waals surface area contributed by atoms with Crippen LogP contribution in [0, 0.1) is 13.8 Å². The first-order chi connectivity index (χ1) is 9.56. The molecule has 0 spiro atoms. The molecule has 5 heteroatoms. The second-order valence-corrected chi connectivity index (χ2v) is 6.95. The van der Waals surface area contributed by atoms with Crippen LogP contribution in [0.1, 0.15) is 48.2 Å². The van der Waals surface area contributed by atoms with Crippen LogP contribution in [0.25, 0.3) is 0 Å². The molecule has 1 heterocycles. The topological polar surface area (TPSA) is 54.0 Å². The fraction of sp³-hybridized carbons (Fsp3) is 0.733. The van der Waals surface area contributed by atoms with Crippen molar-refractivity contribution in [1.82, 2.24) is 15.6 Å². The lowest BCUT2D eigenvalue weighted by Gasteiger charge is -2.17. The molecule has 1 fully saturated rings. The standard InChI is InChI=1S/C15H25N3OS/c1-10-12(3)20-14(17-10)8-9-16-11(2)15(19)18-13-6-4-5-7-13/h11,13,16H,4-9H2,1-3H3,(H,18,19). The molecule has 0 radical (unpaired) electrons. The van der Waals surface area contributed by atoms with Crippen molar-refractivity contribution in [3.63, 3.8) is 0 Å². The quantitative estimate of drug-likeness (QED) is 0.847. The van der Waals surface area contributed by atoms with Crippen molar-refractivity contribution in [2.24, 2.45) is 0 Å². The average molecular weight is 295 g/mol. The molecular formula is C15H25N3OS. The summed E-state index contributed by atoms with van der Waals surface area (Å²) < 4.78 is 0. The van der Waals surface area contributed by atoms with Gasteiger partial charge in [0.25, 0.3) is 0 Å². The van der Waals surface area contributed by atoms with Crippen molar-refractivity contribution in [2.45, 2.75) is 65.0 Å². The first kappa shape index (κ1) is 15.4. The molecule has 1 aliphatic carbocycles. The molecule has 1 saturated carbocycles. The van der Waals surface area contributed by atoms with Gasteiger partial charge in [0.15, 0.2) is 0 Å². The lowest BCUT2D eigenvalue weighted by Crippen LogP contribution is -2.46. The van der Waals surface area contributed by atoms with Crippen LogP contribution in [0.2, 0.25) is 0 Å². The van der Waals surface area contributed by atoms with E-state index in [2.05, 4.69) is 22.5 Å². The maximum absolute atomic E-state index is 12.0. The molecule has 1 aromatic rings. The van der Waals surface area contributed by atoms with Crippen molar-refractivity contribution < 1.29 is 4.79 Å². The normalized spacial score (nSPS) is 17.4. The van der Waals surface area contributed by atoms with E-state index in [4.69, 9.17) is 0 Å². The van der Waals surface area contributed by atoms with E-state index in [0.29, 0.717) is 6.04 Å². The van der Waals surface area contributed by atoms with Crippen LogP contribution in [0.3, 0.4) is 0 Å². The lowest BCUT2D eigenvalue weighted by atomic mass is 10.2. The lowest BCUT2D eigenvalue weighted by molar-refractivity contribution is -0.123. The van der Waals surface area contributed by atoms with Gasteiger partial charge < -0.3 is 10.6 Å². The van der Waals surface area contributed by atoms with Gasteiger partial charge in [0, 0.05) is 23.9 Å². The van der Waals surface area contributed by atoms with Gasteiger partial charge in [-0.05, 0) is 33.6 Å². The smallest absolute Gasteiger partial charge is 0.237 e. The maximum Gasteiger partial charge on any atom is 0.237 e. The first-order valence-electron chi connectivity index (χ1n) is 7.53. The van der Waals surface area contributed by atoms with Crippen molar-refractivity contribution in [3.8, 4) is 0 Å². The maximum atomic E-state index is 12.0. The molecule has 0 bridgehead atoms. The highest BCUT2D eigenvalue weighted by Gasteiger charge is 2.20. The number of hydrogen-bond donors (Lipinski definition) is 2. The average Bonchev–Trinajstić information content (AvgIpc) is 3.00. The Labute approximate surface area is 125 Å². The monoisotopic (exact) mass is 295 g/mol. The summed E-state index contributed by atoms with van der Waals surface area (Å²) in [4.78, 5) is 17.8. The molecule has 112 valence electrons. The molecule has 1 aromatic heterocycles. The summed E-state index contributed by atoms with van der Waals surface area (Å²) in [5.41, 5.74) is 1.12. The fourth-order valence-corrected chi connectivity index (χ4v) is 3.46. The SMILES string of the molecule is Cc1nc(CCNC(C)C(=O)NC2CCCC2)sc1C. The summed E-state index contributed by atoms with van der Waals surface area (Å²) in [7, 11) is 0. The minimum atomic E-state index is -0.127. The van der Waals surface area contributed by atoms with Gasteiger partial charge in [-0.15, -0.1) is 11.3 Å². The van der Waals surface area contributed by atoms with Gasteiger partial charge in [-0.1, -0.05) is 12.8 Å². The van der Waals surface area contributed by atoms with Gasteiger partial charge in [0.05, 0.1) is 16.7 Å². The highest BCUT2D eigenvalue weighted by Crippen LogP contribution is 2.18. The van der Waals surface area contributed by atoms with Gasteiger partial charge in [-0.3, -0.25) is 4.79 Å². The van der Waals surface area contributed by atoms with Gasteiger partial charge in [-0.25, -0.2) is 4.98 Å². The summed E-state index contributed by atoms with van der Waals surface area (Å²) >= 11 is 1.75. The van der Waals surface area contributed by atoms with Gasteiger partial charge >= 0.3 is 0 Å². The zero-order valence-electron chi connectivity index (χ0n) is 12.7. The zero-order valence-corrected chi connectivity index (χ0v) is 13.5. The molecular weight excluding hydrogens is 270 g/mol. The Morgan fingerprint density at radius 3 is 2.70 bits per heavy atom.